The maximum Gasteiger partial charge on any atom is 0.279 e. The third kappa shape index (κ3) is 4.52. The van der Waals surface area contributed by atoms with Gasteiger partial charge in [-0.25, -0.2) is 4.98 Å². The molecule has 0 radical (unpaired) electrons. The Morgan fingerprint density at radius 2 is 1.90 bits per heavy atom. The van der Waals surface area contributed by atoms with Gasteiger partial charge in [-0.1, -0.05) is 12.1 Å². The van der Waals surface area contributed by atoms with Crippen molar-refractivity contribution < 1.29 is 14.5 Å². The van der Waals surface area contributed by atoms with Crippen LogP contribution in [0, 0.1) is 0 Å². The Kier molecular flexibility index (Phi) is 6.11. The summed E-state index contributed by atoms with van der Waals surface area (Å²) in [5.74, 6) is -0.0611. The SMILES string of the molecule is CN(C)C(=O)c1ccc(NC(=O)C[NH+]2CCCC[C@H]2c2nc3ccccc3s2)cc1. The molecule has 0 bridgehead atoms. The minimum atomic E-state index is -0.0516. The minimum absolute atomic E-state index is 0.00954. The molecule has 6 nitrogen and oxygen atoms in total. The van der Waals surface area contributed by atoms with Gasteiger partial charge >= 0.3 is 0 Å². The summed E-state index contributed by atoms with van der Waals surface area (Å²) in [5, 5.41) is 4.11. The molecule has 0 spiro atoms. The number of carbonyl (C=O) groups is 2. The van der Waals surface area contributed by atoms with Gasteiger partial charge in [-0.3, -0.25) is 9.59 Å². The lowest BCUT2D eigenvalue weighted by Crippen LogP contribution is -3.14. The zero-order chi connectivity index (χ0) is 21.1. The quantitative estimate of drug-likeness (QED) is 0.663. The molecule has 156 valence electrons. The number of rotatable bonds is 5. The first kappa shape index (κ1) is 20.5. The third-order valence-corrected chi connectivity index (χ3v) is 6.70. The van der Waals surface area contributed by atoms with E-state index >= 15 is 0 Å². The number of para-hydroxylation sites is 1. The van der Waals surface area contributed by atoms with Gasteiger partial charge in [-0.05, 0) is 49.2 Å². The molecular formula is C23H27N4O2S+. The first-order chi connectivity index (χ1) is 14.5. The third-order valence-electron chi connectivity index (χ3n) is 5.55. The van der Waals surface area contributed by atoms with Gasteiger partial charge in [0, 0.05) is 31.8 Å². The van der Waals surface area contributed by atoms with Gasteiger partial charge in [0.25, 0.3) is 11.8 Å². The van der Waals surface area contributed by atoms with Gasteiger partial charge in [-0.2, -0.15) is 0 Å². The molecule has 1 fully saturated rings. The molecule has 0 saturated carbocycles. The lowest BCUT2D eigenvalue weighted by atomic mass is 10.0. The predicted octanol–water partition coefficient (Wildman–Crippen LogP) is 2.75. The van der Waals surface area contributed by atoms with Crippen LogP contribution >= 0.6 is 11.3 Å². The number of aromatic nitrogens is 1. The number of hydrogen-bond acceptors (Lipinski definition) is 4. The Morgan fingerprint density at radius 3 is 2.63 bits per heavy atom. The summed E-state index contributed by atoms with van der Waals surface area (Å²) < 4.78 is 1.20. The largest absolute Gasteiger partial charge is 0.345 e. The number of amides is 2. The molecule has 1 aromatic heterocycles. The van der Waals surface area contributed by atoms with Crippen LogP contribution in [-0.2, 0) is 4.79 Å². The molecule has 2 amide bonds. The topological polar surface area (TPSA) is 66.7 Å². The van der Waals surface area contributed by atoms with Crippen molar-refractivity contribution in [3.05, 3.63) is 59.1 Å². The highest BCUT2D eigenvalue weighted by atomic mass is 32.1. The fourth-order valence-electron chi connectivity index (χ4n) is 3.99. The lowest BCUT2D eigenvalue weighted by molar-refractivity contribution is -0.929. The average Bonchev–Trinajstić information content (AvgIpc) is 3.18. The highest BCUT2D eigenvalue weighted by Crippen LogP contribution is 2.28. The van der Waals surface area contributed by atoms with Crippen LogP contribution in [0.25, 0.3) is 10.2 Å². The molecule has 2 aromatic carbocycles. The molecule has 2 heterocycles. The molecule has 1 saturated heterocycles. The fourth-order valence-corrected chi connectivity index (χ4v) is 5.15. The maximum atomic E-state index is 12.7. The van der Waals surface area contributed by atoms with Crippen molar-refractivity contribution in [2.75, 3.05) is 32.5 Å². The monoisotopic (exact) mass is 423 g/mol. The second-order valence-corrected chi connectivity index (χ2v) is 9.04. The van der Waals surface area contributed by atoms with Gasteiger partial charge in [0.05, 0.1) is 16.8 Å². The molecule has 2 N–H and O–H groups in total. The van der Waals surface area contributed by atoms with E-state index in [1.54, 1.807) is 49.7 Å². The first-order valence-corrected chi connectivity index (χ1v) is 11.1. The molecule has 1 unspecified atom stereocenters. The van der Waals surface area contributed by atoms with Crippen molar-refractivity contribution in [3.63, 3.8) is 0 Å². The van der Waals surface area contributed by atoms with Crippen molar-refractivity contribution in [1.82, 2.24) is 9.88 Å². The normalized spacial score (nSPS) is 18.9. The van der Waals surface area contributed by atoms with E-state index in [9.17, 15) is 9.59 Å². The van der Waals surface area contributed by atoms with Gasteiger partial charge in [-0.15, -0.1) is 11.3 Å². The summed E-state index contributed by atoms with van der Waals surface area (Å²) in [6.45, 7) is 1.39. The minimum Gasteiger partial charge on any atom is -0.345 e. The molecule has 3 aromatic rings. The van der Waals surface area contributed by atoms with E-state index < -0.39 is 0 Å². The van der Waals surface area contributed by atoms with E-state index in [2.05, 4.69) is 17.4 Å². The summed E-state index contributed by atoms with van der Waals surface area (Å²) in [7, 11) is 3.45. The van der Waals surface area contributed by atoms with Gasteiger partial charge in [0.2, 0.25) is 0 Å². The highest BCUT2D eigenvalue weighted by molar-refractivity contribution is 7.18. The van der Waals surface area contributed by atoms with Gasteiger partial charge in [0.1, 0.15) is 6.04 Å². The van der Waals surface area contributed by atoms with E-state index in [0.717, 1.165) is 29.9 Å². The number of benzene rings is 2. The second kappa shape index (κ2) is 8.93. The molecule has 1 aliphatic rings. The first-order valence-electron chi connectivity index (χ1n) is 10.3. The Balaban J connectivity index is 1.42. The van der Waals surface area contributed by atoms with E-state index in [4.69, 9.17) is 4.98 Å². The molecular weight excluding hydrogens is 396 g/mol. The number of nitrogens with zero attached hydrogens (tertiary/aromatic N) is 2. The number of piperidine rings is 1. The Bertz CT molecular complexity index is 1010. The summed E-state index contributed by atoms with van der Waals surface area (Å²) in [5.41, 5.74) is 2.36. The predicted molar refractivity (Wildman–Crippen MR) is 120 cm³/mol. The van der Waals surface area contributed by atoms with Gasteiger partial charge < -0.3 is 15.1 Å². The average molecular weight is 424 g/mol. The van der Waals surface area contributed by atoms with Crippen LogP contribution in [-0.4, -0.2) is 48.9 Å². The van der Waals surface area contributed by atoms with Crippen LogP contribution in [0.15, 0.2) is 48.5 Å². The zero-order valence-corrected chi connectivity index (χ0v) is 18.2. The zero-order valence-electron chi connectivity index (χ0n) is 17.4. The van der Waals surface area contributed by atoms with E-state index in [1.807, 2.05) is 12.1 Å². The number of carbonyl (C=O) groups excluding carboxylic acids is 2. The van der Waals surface area contributed by atoms with Crippen molar-refractivity contribution in [1.29, 1.82) is 0 Å². The Labute approximate surface area is 180 Å². The van der Waals surface area contributed by atoms with Crippen molar-refractivity contribution in [2.45, 2.75) is 25.3 Å². The van der Waals surface area contributed by atoms with Crippen LogP contribution in [0.1, 0.15) is 40.7 Å². The lowest BCUT2D eigenvalue weighted by Gasteiger charge is -2.30. The smallest absolute Gasteiger partial charge is 0.279 e. The van der Waals surface area contributed by atoms with Crippen LogP contribution < -0.4 is 10.2 Å². The second-order valence-electron chi connectivity index (χ2n) is 7.98. The van der Waals surface area contributed by atoms with E-state index in [-0.39, 0.29) is 17.9 Å². The number of likely N-dealkylation sites (tertiary alicyclic amines) is 1. The molecule has 4 rings (SSSR count). The molecule has 30 heavy (non-hydrogen) atoms. The number of anilines is 1. The number of nitrogens with one attached hydrogen (secondary N) is 2. The molecule has 2 atom stereocenters. The van der Waals surface area contributed by atoms with Gasteiger partial charge in [0.15, 0.2) is 11.6 Å². The van der Waals surface area contributed by atoms with Crippen molar-refractivity contribution >= 4 is 39.1 Å². The summed E-state index contributed by atoms with van der Waals surface area (Å²) in [6.07, 6.45) is 3.36. The van der Waals surface area contributed by atoms with Crippen molar-refractivity contribution in [2.24, 2.45) is 0 Å². The highest BCUT2D eigenvalue weighted by Gasteiger charge is 2.31. The van der Waals surface area contributed by atoms with Crippen LogP contribution in [0.2, 0.25) is 0 Å². The Hall–Kier alpha value is -2.77. The van der Waals surface area contributed by atoms with E-state index in [0.29, 0.717) is 17.8 Å². The molecule has 1 aliphatic heterocycles. The number of hydrogen-bond donors (Lipinski definition) is 2. The van der Waals surface area contributed by atoms with Crippen LogP contribution in [0.4, 0.5) is 5.69 Å². The summed E-state index contributed by atoms with van der Waals surface area (Å²) in [4.78, 5) is 32.4. The van der Waals surface area contributed by atoms with Crippen molar-refractivity contribution in [3.8, 4) is 0 Å². The number of quaternary nitrogens is 1. The molecule has 0 aliphatic carbocycles. The van der Waals surface area contributed by atoms with E-state index in [1.165, 1.54) is 20.9 Å². The maximum absolute atomic E-state index is 12.7. The Morgan fingerprint density at radius 1 is 1.13 bits per heavy atom. The summed E-state index contributed by atoms with van der Waals surface area (Å²) in [6, 6.07) is 15.5. The van der Waals surface area contributed by atoms with Crippen LogP contribution in [0.3, 0.4) is 0 Å². The summed E-state index contributed by atoms with van der Waals surface area (Å²) >= 11 is 1.75. The fraction of sp³-hybridized carbons (Fsp3) is 0.348. The number of fused-ring (bicyclic) bond motifs is 1. The molecule has 7 heteroatoms. The van der Waals surface area contributed by atoms with Crippen LogP contribution in [0.5, 0.6) is 0 Å². The standard InChI is InChI=1S/C23H26N4O2S/c1-26(2)23(29)16-10-12-17(13-11-16)24-21(28)15-27-14-6-5-8-19(27)22-25-18-7-3-4-9-20(18)30-22/h3-4,7,9-13,19H,5-6,8,14-15H2,1-2H3,(H,24,28)/p+1/t19-/m0/s1. The number of thiazole rings is 1.